The predicted molar refractivity (Wildman–Crippen MR) is 80.2 cm³/mol. The van der Waals surface area contributed by atoms with E-state index in [1.165, 1.54) is 30.4 Å². The molecule has 0 unspecified atom stereocenters. The molecule has 1 saturated carbocycles. The third kappa shape index (κ3) is 3.37. The van der Waals surface area contributed by atoms with Gasteiger partial charge in [-0.15, -0.1) is 0 Å². The molecule has 1 aromatic carbocycles. The van der Waals surface area contributed by atoms with E-state index in [0.29, 0.717) is 0 Å². The average molecular weight is 261 g/mol. The Kier molecular flexibility index (Phi) is 4.32. The van der Waals surface area contributed by atoms with Crippen LogP contribution in [0.25, 0.3) is 0 Å². The molecular weight excluding hydrogens is 234 g/mol. The van der Waals surface area contributed by atoms with E-state index in [4.69, 9.17) is 10.5 Å². The Balaban J connectivity index is 2.30. The molecule has 2 nitrogen and oxygen atoms in total. The van der Waals surface area contributed by atoms with Gasteiger partial charge >= 0.3 is 0 Å². The third-order valence-corrected chi connectivity index (χ3v) is 4.47. The molecule has 0 atom stereocenters. The van der Waals surface area contributed by atoms with E-state index in [1.807, 2.05) is 0 Å². The van der Waals surface area contributed by atoms with Crippen LogP contribution >= 0.6 is 0 Å². The SMILES string of the molecule is COC(C)(C)Cc1ccccc1C1(N)CCCCC1. The minimum absolute atomic E-state index is 0.126. The molecule has 2 N–H and O–H groups in total. The molecule has 0 saturated heterocycles. The highest BCUT2D eigenvalue weighted by Gasteiger charge is 2.32. The molecule has 2 rings (SSSR count). The van der Waals surface area contributed by atoms with E-state index >= 15 is 0 Å². The minimum Gasteiger partial charge on any atom is -0.378 e. The fraction of sp³-hybridized carbons (Fsp3) is 0.647. The van der Waals surface area contributed by atoms with E-state index in [1.54, 1.807) is 7.11 Å². The van der Waals surface area contributed by atoms with Crippen LogP contribution in [0, 0.1) is 0 Å². The van der Waals surface area contributed by atoms with Gasteiger partial charge in [-0.05, 0) is 37.8 Å². The second kappa shape index (κ2) is 5.64. The quantitative estimate of drug-likeness (QED) is 0.895. The predicted octanol–water partition coefficient (Wildman–Crippen LogP) is 3.77. The van der Waals surface area contributed by atoms with Crippen LogP contribution in [-0.2, 0) is 16.7 Å². The molecule has 0 amide bonds. The second-order valence-electron chi connectivity index (χ2n) is 6.51. The molecule has 1 aromatic rings. The standard InChI is InChI=1S/C17H27NO/c1-16(2,19-3)13-14-9-5-6-10-15(14)17(18)11-7-4-8-12-17/h5-6,9-10H,4,7-8,11-13,18H2,1-3H3. The number of methoxy groups -OCH3 is 1. The van der Waals surface area contributed by atoms with Gasteiger partial charge in [0, 0.05) is 19.1 Å². The van der Waals surface area contributed by atoms with Gasteiger partial charge in [-0.2, -0.15) is 0 Å². The zero-order valence-electron chi connectivity index (χ0n) is 12.5. The molecular formula is C17H27NO. The van der Waals surface area contributed by atoms with Gasteiger partial charge < -0.3 is 10.5 Å². The Morgan fingerprint density at radius 1 is 1.16 bits per heavy atom. The van der Waals surface area contributed by atoms with Crippen molar-refractivity contribution < 1.29 is 4.74 Å². The Bertz CT molecular complexity index is 419. The van der Waals surface area contributed by atoms with E-state index in [2.05, 4.69) is 38.1 Å². The number of nitrogens with two attached hydrogens (primary N) is 1. The van der Waals surface area contributed by atoms with Gasteiger partial charge in [-0.25, -0.2) is 0 Å². The van der Waals surface area contributed by atoms with Gasteiger partial charge in [0.1, 0.15) is 0 Å². The first-order valence-corrected chi connectivity index (χ1v) is 7.39. The fourth-order valence-electron chi connectivity index (χ4n) is 3.14. The van der Waals surface area contributed by atoms with E-state index in [0.717, 1.165) is 19.3 Å². The van der Waals surface area contributed by atoms with Gasteiger partial charge in [0.15, 0.2) is 0 Å². The molecule has 0 bridgehead atoms. The normalized spacial score (nSPS) is 19.4. The number of ether oxygens (including phenoxy) is 1. The number of benzene rings is 1. The lowest BCUT2D eigenvalue weighted by Crippen LogP contribution is -2.40. The van der Waals surface area contributed by atoms with Crippen molar-refractivity contribution in [3.05, 3.63) is 35.4 Å². The molecule has 1 aliphatic carbocycles. The molecule has 19 heavy (non-hydrogen) atoms. The summed E-state index contributed by atoms with van der Waals surface area (Å²) >= 11 is 0. The summed E-state index contributed by atoms with van der Waals surface area (Å²) in [6.45, 7) is 4.27. The van der Waals surface area contributed by atoms with Crippen molar-refractivity contribution in [2.45, 2.75) is 63.5 Å². The summed E-state index contributed by atoms with van der Waals surface area (Å²) in [6.07, 6.45) is 6.95. The summed E-state index contributed by atoms with van der Waals surface area (Å²) in [5, 5.41) is 0. The molecule has 2 heteroatoms. The Morgan fingerprint density at radius 3 is 2.42 bits per heavy atom. The van der Waals surface area contributed by atoms with Gasteiger partial charge in [-0.3, -0.25) is 0 Å². The summed E-state index contributed by atoms with van der Waals surface area (Å²) < 4.78 is 5.58. The lowest BCUT2D eigenvalue weighted by molar-refractivity contribution is 0.0227. The number of rotatable bonds is 4. The van der Waals surface area contributed by atoms with Crippen LogP contribution in [0.2, 0.25) is 0 Å². The highest BCUT2D eigenvalue weighted by atomic mass is 16.5. The zero-order chi connectivity index (χ0) is 13.9. The second-order valence-corrected chi connectivity index (χ2v) is 6.51. The highest BCUT2D eigenvalue weighted by molar-refractivity contribution is 5.35. The molecule has 106 valence electrons. The van der Waals surface area contributed by atoms with E-state index < -0.39 is 0 Å². The van der Waals surface area contributed by atoms with Crippen LogP contribution in [-0.4, -0.2) is 12.7 Å². The lowest BCUT2D eigenvalue weighted by atomic mass is 9.74. The summed E-state index contributed by atoms with van der Waals surface area (Å²) in [5.41, 5.74) is 9.12. The van der Waals surface area contributed by atoms with Crippen molar-refractivity contribution in [1.29, 1.82) is 0 Å². The monoisotopic (exact) mass is 261 g/mol. The molecule has 0 radical (unpaired) electrons. The van der Waals surface area contributed by atoms with Crippen LogP contribution in [0.3, 0.4) is 0 Å². The molecule has 1 fully saturated rings. The van der Waals surface area contributed by atoms with Gasteiger partial charge in [0.25, 0.3) is 0 Å². The summed E-state index contributed by atoms with van der Waals surface area (Å²) in [5.74, 6) is 0. The first kappa shape index (κ1) is 14.5. The maximum atomic E-state index is 6.70. The Labute approximate surface area is 117 Å². The molecule has 0 spiro atoms. The van der Waals surface area contributed by atoms with Crippen LogP contribution in [0.1, 0.15) is 57.1 Å². The van der Waals surface area contributed by atoms with Crippen LogP contribution in [0.5, 0.6) is 0 Å². The largest absolute Gasteiger partial charge is 0.378 e. The summed E-state index contributed by atoms with van der Waals surface area (Å²) in [4.78, 5) is 0. The van der Waals surface area contributed by atoms with Crippen LogP contribution in [0.15, 0.2) is 24.3 Å². The Hall–Kier alpha value is -0.860. The average Bonchev–Trinajstić information content (AvgIpc) is 2.40. The Morgan fingerprint density at radius 2 is 1.79 bits per heavy atom. The number of hydrogen-bond acceptors (Lipinski definition) is 2. The topological polar surface area (TPSA) is 35.2 Å². The fourth-order valence-corrected chi connectivity index (χ4v) is 3.14. The minimum atomic E-state index is -0.138. The molecule has 0 heterocycles. The van der Waals surface area contributed by atoms with Crippen molar-refractivity contribution >= 4 is 0 Å². The summed E-state index contributed by atoms with van der Waals surface area (Å²) in [7, 11) is 1.78. The molecule has 0 aliphatic heterocycles. The van der Waals surface area contributed by atoms with Gasteiger partial charge in [-0.1, -0.05) is 43.5 Å². The van der Waals surface area contributed by atoms with Crippen molar-refractivity contribution in [3.8, 4) is 0 Å². The third-order valence-electron chi connectivity index (χ3n) is 4.47. The number of hydrogen-bond donors (Lipinski definition) is 1. The first-order chi connectivity index (χ1) is 8.97. The molecule has 0 aromatic heterocycles. The van der Waals surface area contributed by atoms with Crippen molar-refractivity contribution in [1.82, 2.24) is 0 Å². The van der Waals surface area contributed by atoms with Crippen molar-refractivity contribution in [2.24, 2.45) is 5.73 Å². The first-order valence-electron chi connectivity index (χ1n) is 7.39. The van der Waals surface area contributed by atoms with Crippen LogP contribution < -0.4 is 5.73 Å². The summed E-state index contributed by atoms with van der Waals surface area (Å²) in [6, 6.07) is 8.64. The maximum Gasteiger partial charge on any atom is 0.0663 e. The van der Waals surface area contributed by atoms with Gasteiger partial charge in [0.2, 0.25) is 0 Å². The highest BCUT2D eigenvalue weighted by Crippen LogP contribution is 2.37. The van der Waals surface area contributed by atoms with Crippen molar-refractivity contribution in [2.75, 3.05) is 7.11 Å². The van der Waals surface area contributed by atoms with Gasteiger partial charge in [0.05, 0.1) is 5.60 Å². The van der Waals surface area contributed by atoms with E-state index in [9.17, 15) is 0 Å². The smallest absolute Gasteiger partial charge is 0.0663 e. The van der Waals surface area contributed by atoms with Crippen molar-refractivity contribution in [3.63, 3.8) is 0 Å². The van der Waals surface area contributed by atoms with Crippen LogP contribution in [0.4, 0.5) is 0 Å². The molecule has 1 aliphatic rings. The zero-order valence-corrected chi connectivity index (χ0v) is 12.5. The lowest BCUT2D eigenvalue weighted by Gasteiger charge is -2.36. The maximum absolute atomic E-state index is 6.70. The van der Waals surface area contributed by atoms with E-state index in [-0.39, 0.29) is 11.1 Å².